The van der Waals surface area contributed by atoms with Gasteiger partial charge in [0, 0.05) is 29.4 Å². The highest BCUT2D eigenvalue weighted by Gasteiger charge is 2.41. The molecule has 1 aromatic rings. The Morgan fingerprint density at radius 3 is 2.84 bits per heavy atom. The van der Waals surface area contributed by atoms with Crippen LogP contribution >= 0.6 is 0 Å². The van der Waals surface area contributed by atoms with Crippen LogP contribution in [0.1, 0.15) is 76.4 Å². The van der Waals surface area contributed by atoms with Crippen molar-refractivity contribution in [3.8, 4) is 0 Å². The molecule has 3 rings (SSSR count). The van der Waals surface area contributed by atoms with E-state index in [1.54, 1.807) is 0 Å². The van der Waals surface area contributed by atoms with Crippen molar-refractivity contribution in [1.29, 1.82) is 0 Å². The van der Waals surface area contributed by atoms with E-state index in [9.17, 15) is 0 Å². The van der Waals surface area contributed by atoms with Gasteiger partial charge in [0.15, 0.2) is 0 Å². The molecular formula is C16H27N3. The summed E-state index contributed by atoms with van der Waals surface area (Å²) in [5.74, 6) is 0.676. The zero-order chi connectivity index (χ0) is 13.3. The van der Waals surface area contributed by atoms with E-state index in [1.165, 1.54) is 57.2 Å². The molecule has 0 bridgehead atoms. The van der Waals surface area contributed by atoms with Crippen molar-refractivity contribution in [3.05, 3.63) is 18.2 Å². The molecule has 1 unspecified atom stereocenters. The van der Waals surface area contributed by atoms with Crippen LogP contribution in [0.5, 0.6) is 0 Å². The van der Waals surface area contributed by atoms with Crippen molar-refractivity contribution < 1.29 is 0 Å². The zero-order valence-electron chi connectivity index (χ0n) is 12.4. The molecule has 1 saturated heterocycles. The second-order valence-electron chi connectivity index (χ2n) is 6.45. The Morgan fingerprint density at radius 2 is 2.21 bits per heavy atom. The maximum Gasteiger partial charge on any atom is 0.0950 e. The summed E-state index contributed by atoms with van der Waals surface area (Å²) in [6, 6.07) is 0.666. The number of piperidine rings is 1. The molecule has 1 saturated carbocycles. The highest BCUT2D eigenvalue weighted by Crippen LogP contribution is 2.42. The van der Waals surface area contributed by atoms with E-state index in [4.69, 9.17) is 0 Å². The number of nitrogens with one attached hydrogen (secondary N) is 1. The molecule has 106 valence electrons. The standard InChI is InChI=1S/C16H27N3/c1-3-13(4-2)15-11-17-12-19(15)14-6-9-18-16(10-14)7-5-8-16/h11-14,18H,3-10H2,1-2H3. The lowest BCUT2D eigenvalue weighted by Gasteiger charge is -2.49. The molecule has 1 aromatic heterocycles. The third kappa shape index (κ3) is 2.33. The van der Waals surface area contributed by atoms with Gasteiger partial charge in [0.25, 0.3) is 0 Å². The van der Waals surface area contributed by atoms with E-state index in [0.29, 0.717) is 17.5 Å². The van der Waals surface area contributed by atoms with Crippen LogP contribution in [0.25, 0.3) is 0 Å². The Hall–Kier alpha value is -0.830. The van der Waals surface area contributed by atoms with Gasteiger partial charge in [0.2, 0.25) is 0 Å². The van der Waals surface area contributed by atoms with Gasteiger partial charge in [-0.2, -0.15) is 0 Å². The van der Waals surface area contributed by atoms with Crippen molar-refractivity contribution in [3.63, 3.8) is 0 Å². The molecular weight excluding hydrogens is 234 g/mol. The maximum absolute atomic E-state index is 4.45. The second-order valence-corrected chi connectivity index (χ2v) is 6.45. The quantitative estimate of drug-likeness (QED) is 0.897. The summed E-state index contributed by atoms with van der Waals surface area (Å²) in [5.41, 5.74) is 1.93. The minimum absolute atomic E-state index is 0.471. The lowest BCUT2D eigenvalue weighted by Crippen LogP contribution is -2.55. The molecule has 1 atom stereocenters. The number of nitrogens with zero attached hydrogens (tertiary/aromatic N) is 2. The summed E-state index contributed by atoms with van der Waals surface area (Å²) in [6.07, 6.45) is 13.3. The highest BCUT2D eigenvalue weighted by atomic mass is 15.1. The molecule has 1 N–H and O–H groups in total. The fourth-order valence-electron chi connectivity index (χ4n) is 3.99. The maximum atomic E-state index is 4.45. The van der Waals surface area contributed by atoms with Gasteiger partial charge in [0.05, 0.1) is 6.33 Å². The third-order valence-corrected chi connectivity index (χ3v) is 5.41. The Bertz CT molecular complexity index is 415. The predicted molar refractivity (Wildman–Crippen MR) is 78.4 cm³/mol. The van der Waals surface area contributed by atoms with E-state index < -0.39 is 0 Å². The van der Waals surface area contributed by atoms with Crippen LogP contribution in [0.2, 0.25) is 0 Å². The van der Waals surface area contributed by atoms with Crippen LogP contribution in [0.4, 0.5) is 0 Å². The van der Waals surface area contributed by atoms with Crippen LogP contribution in [-0.4, -0.2) is 21.6 Å². The molecule has 0 aromatic carbocycles. The number of aromatic nitrogens is 2. The molecule has 3 heteroatoms. The van der Waals surface area contributed by atoms with E-state index in [-0.39, 0.29) is 0 Å². The first kappa shape index (κ1) is 13.2. The molecule has 1 aliphatic carbocycles. The molecule has 2 fully saturated rings. The van der Waals surface area contributed by atoms with E-state index in [1.807, 2.05) is 0 Å². The lowest BCUT2D eigenvalue weighted by molar-refractivity contribution is 0.108. The molecule has 19 heavy (non-hydrogen) atoms. The number of hydrogen-bond acceptors (Lipinski definition) is 2. The van der Waals surface area contributed by atoms with Gasteiger partial charge in [0.1, 0.15) is 0 Å². The van der Waals surface area contributed by atoms with Crippen molar-refractivity contribution in [2.45, 2.75) is 76.3 Å². The Labute approximate surface area is 116 Å². The monoisotopic (exact) mass is 261 g/mol. The van der Waals surface area contributed by atoms with Gasteiger partial charge >= 0.3 is 0 Å². The first-order valence-electron chi connectivity index (χ1n) is 8.05. The Morgan fingerprint density at radius 1 is 1.42 bits per heavy atom. The van der Waals surface area contributed by atoms with Crippen molar-refractivity contribution in [2.75, 3.05) is 6.54 Å². The van der Waals surface area contributed by atoms with Crippen LogP contribution < -0.4 is 5.32 Å². The Balaban J connectivity index is 1.80. The van der Waals surface area contributed by atoms with Crippen LogP contribution in [0.15, 0.2) is 12.5 Å². The van der Waals surface area contributed by atoms with E-state index in [0.717, 1.165) is 0 Å². The first-order valence-corrected chi connectivity index (χ1v) is 8.05. The van der Waals surface area contributed by atoms with Gasteiger partial charge < -0.3 is 9.88 Å². The minimum atomic E-state index is 0.471. The predicted octanol–water partition coefficient (Wildman–Crippen LogP) is 3.63. The zero-order valence-corrected chi connectivity index (χ0v) is 12.4. The minimum Gasteiger partial charge on any atom is -0.331 e. The van der Waals surface area contributed by atoms with Crippen molar-refractivity contribution in [2.24, 2.45) is 0 Å². The Kier molecular flexibility index (Phi) is 3.66. The van der Waals surface area contributed by atoms with Gasteiger partial charge in [-0.05, 0) is 51.5 Å². The summed E-state index contributed by atoms with van der Waals surface area (Å²) >= 11 is 0. The van der Waals surface area contributed by atoms with E-state index >= 15 is 0 Å². The summed E-state index contributed by atoms with van der Waals surface area (Å²) in [5, 5.41) is 3.77. The molecule has 0 amide bonds. The van der Waals surface area contributed by atoms with Gasteiger partial charge in [-0.3, -0.25) is 0 Å². The molecule has 1 spiro atoms. The summed E-state index contributed by atoms with van der Waals surface area (Å²) in [6.45, 7) is 5.76. The smallest absolute Gasteiger partial charge is 0.0950 e. The molecule has 3 nitrogen and oxygen atoms in total. The fraction of sp³-hybridized carbons (Fsp3) is 0.812. The second kappa shape index (κ2) is 5.28. The van der Waals surface area contributed by atoms with Crippen LogP contribution in [0, 0.1) is 0 Å². The normalized spacial score (nSPS) is 25.7. The summed E-state index contributed by atoms with van der Waals surface area (Å²) in [4.78, 5) is 4.45. The molecule has 0 radical (unpaired) electrons. The van der Waals surface area contributed by atoms with Crippen molar-refractivity contribution >= 4 is 0 Å². The van der Waals surface area contributed by atoms with Gasteiger partial charge in [-0.15, -0.1) is 0 Å². The number of hydrogen-bond donors (Lipinski definition) is 1. The van der Waals surface area contributed by atoms with Gasteiger partial charge in [-0.25, -0.2) is 4.98 Å². The first-order chi connectivity index (χ1) is 9.28. The molecule has 2 heterocycles. The topological polar surface area (TPSA) is 29.9 Å². The average molecular weight is 261 g/mol. The highest BCUT2D eigenvalue weighted by molar-refractivity contribution is 5.10. The summed E-state index contributed by atoms with van der Waals surface area (Å²) in [7, 11) is 0. The van der Waals surface area contributed by atoms with Crippen molar-refractivity contribution in [1.82, 2.24) is 14.9 Å². The van der Waals surface area contributed by atoms with E-state index in [2.05, 4.69) is 41.2 Å². The third-order valence-electron chi connectivity index (χ3n) is 5.41. The summed E-state index contributed by atoms with van der Waals surface area (Å²) < 4.78 is 2.50. The number of rotatable bonds is 4. The molecule has 2 aliphatic rings. The van der Waals surface area contributed by atoms with Crippen LogP contribution in [0.3, 0.4) is 0 Å². The SMILES string of the molecule is CCC(CC)c1cncn1C1CCNC2(CCC2)C1. The number of imidazole rings is 1. The lowest BCUT2D eigenvalue weighted by atomic mass is 9.70. The van der Waals surface area contributed by atoms with Gasteiger partial charge in [-0.1, -0.05) is 13.8 Å². The average Bonchev–Trinajstić information content (AvgIpc) is 2.88. The van der Waals surface area contributed by atoms with Crippen LogP contribution in [-0.2, 0) is 0 Å². The molecule has 1 aliphatic heterocycles. The fourth-order valence-corrected chi connectivity index (χ4v) is 3.99. The largest absolute Gasteiger partial charge is 0.331 e.